The zero-order chi connectivity index (χ0) is 13.4. The van der Waals surface area contributed by atoms with Crippen LogP contribution < -0.4 is 5.69 Å². The van der Waals surface area contributed by atoms with Gasteiger partial charge in [0, 0.05) is 4.88 Å². The first-order valence-corrected chi connectivity index (χ1v) is 6.52. The summed E-state index contributed by atoms with van der Waals surface area (Å²) in [4.78, 5) is 26.9. The van der Waals surface area contributed by atoms with E-state index in [0.717, 1.165) is 4.88 Å². The first-order valence-electron chi connectivity index (χ1n) is 5.64. The lowest BCUT2D eigenvalue weighted by atomic mass is 10.2. The van der Waals surface area contributed by atoms with Crippen LogP contribution in [0.3, 0.4) is 0 Å². The van der Waals surface area contributed by atoms with Gasteiger partial charge in [0.1, 0.15) is 0 Å². The fourth-order valence-corrected chi connectivity index (χ4v) is 2.79. The molecule has 5 nitrogen and oxygen atoms in total. The van der Waals surface area contributed by atoms with E-state index < -0.39 is 5.97 Å². The zero-order valence-corrected chi connectivity index (χ0v) is 10.6. The first kappa shape index (κ1) is 11.7. The monoisotopic (exact) mass is 274 g/mol. The molecular formula is C13H10N2O3S. The molecule has 1 aromatic carbocycles. The zero-order valence-electron chi connectivity index (χ0n) is 9.79. The third-order valence-corrected chi connectivity index (χ3v) is 3.78. The van der Waals surface area contributed by atoms with Crippen molar-refractivity contribution in [2.24, 2.45) is 0 Å². The topological polar surface area (TPSA) is 75.1 Å². The summed E-state index contributed by atoms with van der Waals surface area (Å²) in [5.74, 6) is -1.04. The highest BCUT2D eigenvalue weighted by Crippen LogP contribution is 2.18. The van der Waals surface area contributed by atoms with E-state index >= 15 is 0 Å². The molecule has 0 aliphatic rings. The van der Waals surface area contributed by atoms with E-state index in [1.807, 2.05) is 17.5 Å². The number of thiophene rings is 1. The quantitative estimate of drug-likeness (QED) is 0.768. The molecule has 0 amide bonds. The number of imidazole rings is 1. The average Bonchev–Trinajstić information content (AvgIpc) is 2.98. The second kappa shape index (κ2) is 4.40. The van der Waals surface area contributed by atoms with Crippen LogP contribution in [-0.2, 0) is 6.54 Å². The molecule has 2 heterocycles. The molecule has 6 heteroatoms. The first-order chi connectivity index (χ1) is 9.16. The molecule has 0 bridgehead atoms. The predicted octanol–water partition coefficient (Wildman–Crippen LogP) is 2.14. The molecule has 0 spiro atoms. The highest BCUT2D eigenvalue weighted by atomic mass is 32.1. The number of carbonyl (C=O) groups is 1. The second-order valence-electron chi connectivity index (χ2n) is 4.10. The average molecular weight is 274 g/mol. The van der Waals surface area contributed by atoms with Crippen LogP contribution in [-0.4, -0.2) is 20.6 Å². The Balaban J connectivity index is 2.25. The Labute approximate surface area is 111 Å². The minimum Gasteiger partial charge on any atom is -0.478 e. The molecule has 0 aliphatic heterocycles. The number of benzene rings is 1. The van der Waals surface area contributed by atoms with Gasteiger partial charge in [0.15, 0.2) is 0 Å². The maximum atomic E-state index is 12.0. The van der Waals surface area contributed by atoms with Crippen LogP contribution in [0.4, 0.5) is 0 Å². The highest BCUT2D eigenvalue weighted by Gasteiger charge is 2.15. The maximum Gasteiger partial charge on any atom is 0.337 e. The van der Waals surface area contributed by atoms with E-state index in [2.05, 4.69) is 4.98 Å². The van der Waals surface area contributed by atoms with Crippen molar-refractivity contribution in [2.75, 3.05) is 0 Å². The Morgan fingerprint density at radius 1 is 1.32 bits per heavy atom. The van der Waals surface area contributed by atoms with Crippen molar-refractivity contribution < 1.29 is 9.90 Å². The van der Waals surface area contributed by atoms with Crippen LogP contribution in [0.2, 0.25) is 0 Å². The largest absolute Gasteiger partial charge is 0.478 e. The summed E-state index contributed by atoms with van der Waals surface area (Å²) in [5.41, 5.74) is 0.819. The summed E-state index contributed by atoms with van der Waals surface area (Å²) < 4.78 is 1.46. The normalized spacial score (nSPS) is 10.9. The molecule has 3 aromatic rings. The Morgan fingerprint density at radius 3 is 2.84 bits per heavy atom. The molecule has 96 valence electrons. The number of aromatic amines is 1. The number of para-hydroxylation sites is 1. The number of rotatable bonds is 3. The predicted molar refractivity (Wildman–Crippen MR) is 72.9 cm³/mol. The lowest BCUT2D eigenvalue weighted by Gasteiger charge is -2.04. The molecule has 0 aliphatic carbocycles. The molecule has 0 saturated carbocycles. The third kappa shape index (κ3) is 1.96. The molecule has 0 atom stereocenters. The molecule has 0 unspecified atom stereocenters. The Hall–Kier alpha value is -2.34. The minimum atomic E-state index is -1.04. The number of hydrogen-bond donors (Lipinski definition) is 2. The number of H-pyrrole nitrogens is 1. The van der Waals surface area contributed by atoms with Gasteiger partial charge in [-0.25, -0.2) is 9.59 Å². The van der Waals surface area contributed by atoms with E-state index in [1.54, 1.807) is 12.1 Å². The van der Waals surface area contributed by atoms with Crippen LogP contribution in [0.15, 0.2) is 40.5 Å². The molecule has 3 rings (SSSR count). The van der Waals surface area contributed by atoms with E-state index in [0.29, 0.717) is 17.6 Å². The number of carboxylic acids is 1. The summed E-state index contributed by atoms with van der Waals surface area (Å²) in [6.07, 6.45) is 0. The number of carboxylic acid groups (broad SMARTS) is 1. The SMILES string of the molecule is O=C(O)c1cccc2[nH]c(=O)n(Cc3cccs3)c12. The molecule has 0 radical (unpaired) electrons. The summed E-state index contributed by atoms with van der Waals surface area (Å²) >= 11 is 1.53. The van der Waals surface area contributed by atoms with Crippen molar-refractivity contribution in [3.05, 3.63) is 56.6 Å². The second-order valence-corrected chi connectivity index (χ2v) is 5.13. The van der Waals surface area contributed by atoms with Crippen molar-refractivity contribution in [1.82, 2.24) is 9.55 Å². The smallest absolute Gasteiger partial charge is 0.337 e. The van der Waals surface area contributed by atoms with Crippen molar-refractivity contribution in [3.63, 3.8) is 0 Å². The van der Waals surface area contributed by atoms with Crippen LogP contribution in [0.1, 0.15) is 15.2 Å². The molecular weight excluding hydrogens is 264 g/mol. The van der Waals surface area contributed by atoms with E-state index in [-0.39, 0.29) is 11.3 Å². The number of fused-ring (bicyclic) bond motifs is 1. The van der Waals surface area contributed by atoms with Gasteiger partial charge in [0.25, 0.3) is 0 Å². The number of nitrogens with one attached hydrogen (secondary N) is 1. The third-order valence-electron chi connectivity index (χ3n) is 2.92. The molecule has 2 N–H and O–H groups in total. The van der Waals surface area contributed by atoms with Gasteiger partial charge in [-0.2, -0.15) is 0 Å². The standard InChI is InChI=1S/C13H10N2O3S/c16-12(17)9-4-1-5-10-11(9)15(13(18)14-10)7-8-3-2-6-19-8/h1-6H,7H2,(H,14,18)(H,16,17). The Kier molecular flexibility index (Phi) is 2.72. The van der Waals surface area contributed by atoms with Gasteiger partial charge in [-0.15, -0.1) is 11.3 Å². The van der Waals surface area contributed by atoms with Gasteiger partial charge < -0.3 is 10.1 Å². The number of aromatic nitrogens is 2. The van der Waals surface area contributed by atoms with E-state index in [9.17, 15) is 14.7 Å². The van der Waals surface area contributed by atoms with Crippen LogP contribution >= 0.6 is 11.3 Å². The highest BCUT2D eigenvalue weighted by molar-refractivity contribution is 7.09. The van der Waals surface area contributed by atoms with E-state index in [4.69, 9.17) is 0 Å². The minimum absolute atomic E-state index is 0.132. The lowest BCUT2D eigenvalue weighted by molar-refractivity contribution is 0.0698. The van der Waals surface area contributed by atoms with Gasteiger partial charge in [0.2, 0.25) is 0 Å². The number of hydrogen-bond acceptors (Lipinski definition) is 3. The van der Waals surface area contributed by atoms with Gasteiger partial charge in [0.05, 0.1) is 23.1 Å². The summed E-state index contributed by atoms with van der Waals surface area (Å²) in [7, 11) is 0. The maximum absolute atomic E-state index is 12.0. The van der Waals surface area contributed by atoms with Crippen LogP contribution in [0, 0.1) is 0 Å². The van der Waals surface area contributed by atoms with Crippen molar-refractivity contribution >= 4 is 28.3 Å². The summed E-state index contributed by atoms with van der Waals surface area (Å²) in [5, 5.41) is 11.1. The molecule has 2 aromatic heterocycles. The van der Waals surface area contributed by atoms with Gasteiger partial charge in [-0.1, -0.05) is 12.1 Å². The van der Waals surface area contributed by atoms with Gasteiger partial charge in [-0.3, -0.25) is 4.57 Å². The van der Waals surface area contributed by atoms with Gasteiger partial charge >= 0.3 is 11.7 Å². The Bertz CT molecular complexity index is 799. The molecule has 0 saturated heterocycles. The summed E-state index contributed by atoms with van der Waals surface area (Å²) in [6, 6.07) is 8.64. The van der Waals surface area contributed by atoms with Gasteiger partial charge in [-0.05, 0) is 23.6 Å². The molecule has 0 fully saturated rings. The van der Waals surface area contributed by atoms with Crippen LogP contribution in [0.5, 0.6) is 0 Å². The van der Waals surface area contributed by atoms with Crippen LogP contribution in [0.25, 0.3) is 11.0 Å². The molecule has 19 heavy (non-hydrogen) atoms. The summed E-state index contributed by atoms with van der Waals surface area (Å²) in [6.45, 7) is 0.376. The number of aromatic carboxylic acids is 1. The van der Waals surface area contributed by atoms with Crippen molar-refractivity contribution in [3.8, 4) is 0 Å². The fraction of sp³-hybridized carbons (Fsp3) is 0.0769. The number of nitrogens with zero attached hydrogens (tertiary/aromatic N) is 1. The van der Waals surface area contributed by atoms with Crippen molar-refractivity contribution in [2.45, 2.75) is 6.54 Å². The fourth-order valence-electron chi connectivity index (χ4n) is 2.10. The van der Waals surface area contributed by atoms with E-state index in [1.165, 1.54) is 22.0 Å². The lowest BCUT2D eigenvalue weighted by Crippen LogP contribution is -2.17. The van der Waals surface area contributed by atoms with Crippen molar-refractivity contribution in [1.29, 1.82) is 0 Å². The Morgan fingerprint density at radius 2 is 2.16 bits per heavy atom.